The van der Waals surface area contributed by atoms with E-state index >= 15 is 0 Å². The van der Waals surface area contributed by atoms with E-state index in [-0.39, 0.29) is 12.8 Å². The summed E-state index contributed by atoms with van der Waals surface area (Å²) in [6, 6.07) is 0. The average molecular weight is 336 g/mol. The smallest absolute Gasteiger partial charge is 0.303 e. The summed E-state index contributed by atoms with van der Waals surface area (Å²) in [6.45, 7) is 2.21. The Hall–Kier alpha value is -1.65. The Bertz CT molecular complexity index is 421. The Kier molecular flexibility index (Phi) is 15.1. The van der Waals surface area contributed by atoms with Crippen LogP contribution in [0.3, 0.4) is 0 Å². The number of unbranched alkanes of at least 4 members (excludes halogenated alkanes) is 4. The third kappa shape index (κ3) is 15.3. The normalized spacial score (nSPS) is 15.1. The Morgan fingerprint density at radius 2 is 1.58 bits per heavy atom. The van der Waals surface area contributed by atoms with Crippen LogP contribution in [0, 0.1) is 0 Å². The first kappa shape index (κ1) is 22.4. The molecule has 0 aliphatic rings. The fraction of sp³-hybridized carbons (Fsp3) is 0.550. The van der Waals surface area contributed by atoms with E-state index in [1.54, 1.807) is 12.2 Å². The molecule has 2 atom stereocenters. The number of carbonyl (C=O) groups is 1. The van der Waals surface area contributed by atoms with Crippen LogP contribution in [0.15, 0.2) is 48.6 Å². The third-order valence-electron chi connectivity index (χ3n) is 3.51. The molecule has 4 nitrogen and oxygen atoms in total. The number of aliphatic hydroxyl groups is 2. The summed E-state index contributed by atoms with van der Waals surface area (Å²) in [5.74, 6) is -0.892. The minimum atomic E-state index is -0.976. The van der Waals surface area contributed by atoms with Crippen LogP contribution in [0.5, 0.6) is 0 Å². The number of rotatable bonds is 14. The van der Waals surface area contributed by atoms with E-state index in [0.717, 1.165) is 6.42 Å². The number of aliphatic hydroxyl groups excluding tert-OH is 2. The van der Waals surface area contributed by atoms with E-state index in [1.807, 2.05) is 24.3 Å². The summed E-state index contributed by atoms with van der Waals surface area (Å²) >= 11 is 0. The molecule has 0 amide bonds. The van der Waals surface area contributed by atoms with Crippen LogP contribution in [0.2, 0.25) is 0 Å². The molecule has 0 aromatic rings. The maximum atomic E-state index is 10.4. The fourth-order valence-corrected chi connectivity index (χ4v) is 2.06. The predicted octanol–water partition coefficient (Wildman–Crippen LogP) is 4.16. The molecule has 0 radical (unpaired) electrons. The third-order valence-corrected chi connectivity index (χ3v) is 3.51. The first-order valence-corrected chi connectivity index (χ1v) is 8.82. The monoisotopic (exact) mass is 336 g/mol. The van der Waals surface area contributed by atoms with Crippen LogP contribution < -0.4 is 0 Å². The van der Waals surface area contributed by atoms with Gasteiger partial charge in [0.25, 0.3) is 0 Å². The van der Waals surface area contributed by atoms with Crippen molar-refractivity contribution < 1.29 is 20.1 Å². The Morgan fingerprint density at radius 3 is 2.25 bits per heavy atom. The number of aliphatic carboxylic acids is 1. The predicted molar refractivity (Wildman–Crippen MR) is 98.8 cm³/mol. The molecule has 4 heteroatoms. The Morgan fingerprint density at radius 1 is 0.917 bits per heavy atom. The summed E-state index contributed by atoms with van der Waals surface area (Å²) < 4.78 is 0. The molecule has 0 aliphatic heterocycles. The lowest BCUT2D eigenvalue weighted by Gasteiger charge is -2.13. The van der Waals surface area contributed by atoms with Gasteiger partial charge < -0.3 is 15.3 Å². The minimum Gasteiger partial charge on any atom is -0.481 e. The van der Waals surface area contributed by atoms with Crippen LogP contribution in [0.4, 0.5) is 0 Å². The van der Waals surface area contributed by atoms with Gasteiger partial charge in [0.05, 0.1) is 12.2 Å². The Labute approximate surface area is 145 Å². The standard InChI is InChI=1S/C20H32O4/c1-2-3-4-5-6-7-8-9-10-11-12-13-15-18(21)19(22)16-14-17-20(23)24/h7-13,15,18-19,21-22H,2-6,14,16-17H2,1H3,(H,23,24)/b8-7+,10-9-,12-11+,15-13+/t18-,19+/m1/s1. The molecular weight excluding hydrogens is 304 g/mol. The van der Waals surface area contributed by atoms with Gasteiger partial charge >= 0.3 is 5.97 Å². The highest BCUT2D eigenvalue weighted by Crippen LogP contribution is 2.06. The number of carboxylic acids is 1. The molecule has 0 aliphatic carbocycles. The van der Waals surface area contributed by atoms with E-state index in [2.05, 4.69) is 13.0 Å². The molecule has 0 spiro atoms. The topological polar surface area (TPSA) is 77.8 Å². The van der Waals surface area contributed by atoms with Crippen molar-refractivity contribution in [2.75, 3.05) is 0 Å². The largest absolute Gasteiger partial charge is 0.481 e. The number of hydrogen-bond acceptors (Lipinski definition) is 3. The van der Waals surface area contributed by atoms with Crippen molar-refractivity contribution in [2.45, 2.75) is 70.5 Å². The van der Waals surface area contributed by atoms with Gasteiger partial charge in [-0.05, 0) is 25.7 Å². The second-order valence-electron chi connectivity index (χ2n) is 5.78. The van der Waals surface area contributed by atoms with E-state index in [1.165, 1.54) is 31.8 Å². The van der Waals surface area contributed by atoms with Crippen molar-refractivity contribution in [1.29, 1.82) is 0 Å². The van der Waals surface area contributed by atoms with Crippen molar-refractivity contribution >= 4 is 5.97 Å². The molecule has 0 saturated carbocycles. The lowest BCUT2D eigenvalue weighted by Crippen LogP contribution is -2.23. The second-order valence-corrected chi connectivity index (χ2v) is 5.78. The molecule has 0 unspecified atom stereocenters. The van der Waals surface area contributed by atoms with Gasteiger partial charge in [-0.2, -0.15) is 0 Å². The SMILES string of the molecule is CCCCCC/C=C/C=C\C=C\C=C\[C@@H](O)[C@@H](O)CCCC(=O)O. The van der Waals surface area contributed by atoms with E-state index < -0.39 is 18.2 Å². The van der Waals surface area contributed by atoms with Gasteiger partial charge in [0, 0.05) is 6.42 Å². The zero-order valence-corrected chi connectivity index (χ0v) is 14.7. The highest BCUT2D eigenvalue weighted by Gasteiger charge is 2.12. The van der Waals surface area contributed by atoms with Gasteiger partial charge in [-0.25, -0.2) is 0 Å². The summed E-state index contributed by atoms with van der Waals surface area (Å²) in [5.41, 5.74) is 0. The summed E-state index contributed by atoms with van der Waals surface area (Å²) in [7, 11) is 0. The molecular formula is C20H32O4. The molecule has 0 aromatic carbocycles. The molecule has 24 heavy (non-hydrogen) atoms. The van der Waals surface area contributed by atoms with Crippen LogP contribution >= 0.6 is 0 Å². The zero-order valence-electron chi connectivity index (χ0n) is 14.7. The van der Waals surface area contributed by atoms with E-state index in [0.29, 0.717) is 6.42 Å². The maximum Gasteiger partial charge on any atom is 0.303 e. The molecule has 0 saturated heterocycles. The molecule has 0 heterocycles. The molecule has 0 bridgehead atoms. The van der Waals surface area contributed by atoms with Gasteiger partial charge in [-0.15, -0.1) is 0 Å². The first-order chi connectivity index (χ1) is 11.6. The highest BCUT2D eigenvalue weighted by atomic mass is 16.4. The zero-order chi connectivity index (χ0) is 18.0. The molecule has 0 fully saturated rings. The van der Waals surface area contributed by atoms with Crippen LogP contribution in [0.1, 0.15) is 58.3 Å². The van der Waals surface area contributed by atoms with Crippen molar-refractivity contribution in [3.63, 3.8) is 0 Å². The first-order valence-electron chi connectivity index (χ1n) is 8.82. The highest BCUT2D eigenvalue weighted by molar-refractivity contribution is 5.66. The molecule has 0 aromatic heterocycles. The van der Waals surface area contributed by atoms with Gasteiger partial charge in [0.2, 0.25) is 0 Å². The van der Waals surface area contributed by atoms with Gasteiger partial charge in [0.1, 0.15) is 0 Å². The van der Waals surface area contributed by atoms with Crippen LogP contribution in [-0.4, -0.2) is 33.5 Å². The molecule has 0 rings (SSSR count). The Balaban J connectivity index is 3.83. The average Bonchev–Trinajstić information content (AvgIpc) is 2.55. The quantitative estimate of drug-likeness (QED) is 0.329. The van der Waals surface area contributed by atoms with Gasteiger partial charge in [-0.3, -0.25) is 4.79 Å². The van der Waals surface area contributed by atoms with Crippen molar-refractivity contribution in [1.82, 2.24) is 0 Å². The number of hydrogen-bond donors (Lipinski definition) is 3. The van der Waals surface area contributed by atoms with Crippen LogP contribution in [-0.2, 0) is 4.79 Å². The fourth-order valence-electron chi connectivity index (χ4n) is 2.06. The minimum absolute atomic E-state index is 0.00428. The van der Waals surface area contributed by atoms with Gasteiger partial charge in [0.15, 0.2) is 0 Å². The second kappa shape index (κ2) is 16.2. The lowest BCUT2D eigenvalue weighted by atomic mass is 10.1. The molecule has 136 valence electrons. The summed E-state index contributed by atoms with van der Waals surface area (Å²) in [5, 5.41) is 27.9. The number of carboxylic acid groups (broad SMARTS) is 1. The van der Waals surface area contributed by atoms with Crippen molar-refractivity contribution in [2.24, 2.45) is 0 Å². The van der Waals surface area contributed by atoms with E-state index in [9.17, 15) is 15.0 Å². The maximum absolute atomic E-state index is 10.4. The number of allylic oxidation sites excluding steroid dienone is 7. The summed E-state index contributed by atoms with van der Waals surface area (Å²) in [6.07, 6.45) is 19.8. The van der Waals surface area contributed by atoms with Crippen LogP contribution in [0.25, 0.3) is 0 Å². The van der Waals surface area contributed by atoms with Crippen molar-refractivity contribution in [3.8, 4) is 0 Å². The van der Waals surface area contributed by atoms with Crippen molar-refractivity contribution in [3.05, 3.63) is 48.6 Å². The van der Waals surface area contributed by atoms with Gasteiger partial charge in [-0.1, -0.05) is 74.8 Å². The summed E-state index contributed by atoms with van der Waals surface area (Å²) in [4.78, 5) is 10.4. The van der Waals surface area contributed by atoms with E-state index in [4.69, 9.17) is 5.11 Å². The molecule has 3 N–H and O–H groups in total. The lowest BCUT2D eigenvalue weighted by molar-refractivity contribution is -0.137.